The van der Waals surface area contributed by atoms with Gasteiger partial charge < -0.3 is 25.0 Å². The third kappa shape index (κ3) is 7.57. The minimum Gasteiger partial charge on any atom is -0.489 e. The first-order valence-corrected chi connectivity index (χ1v) is 12.6. The van der Waals surface area contributed by atoms with Gasteiger partial charge in [0.2, 0.25) is 5.91 Å². The zero-order chi connectivity index (χ0) is 27.3. The molecule has 8 nitrogen and oxygen atoms in total. The van der Waals surface area contributed by atoms with Gasteiger partial charge in [-0.3, -0.25) is 9.59 Å². The molecule has 0 fully saturated rings. The first-order valence-electron chi connectivity index (χ1n) is 12.2. The number of halogens is 1. The van der Waals surface area contributed by atoms with Crippen molar-refractivity contribution < 1.29 is 19.4 Å². The van der Waals surface area contributed by atoms with Crippen LogP contribution in [0.15, 0.2) is 48.7 Å². The first-order chi connectivity index (χ1) is 17.4. The molecule has 2 amide bonds. The van der Waals surface area contributed by atoms with E-state index in [1.165, 1.54) is 0 Å². The molecule has 0 aliphatic heterocycles. The summed E-state index contributed by atoms with van der Waals surface area (Å²) in [5.41, 5.74) is 1.94. The lowest BCUT2D eigenvalue weighted by atomic mass is 10.0. The standard InChI is InChI=1S/C28H35ClN4O4/c1-17(2)37-24-12-11-20(14-22(24)29)26(35)31-21(15-25(34)30-5)13-18-7-9-19(10-8-18)23-16-33(6)27(32-23)28(3,4)36/h7-12,14,16-17,21,36H,13,15H2,1-6H3,(H,30,34)(H,31,35)/t21-/m0/s1. The number of aryl methyl sites for hydroxylation is 1. The van der Waals surface area contributed by atoms with Crippen LogP contribution in [0, 0.1) is 0 Å². The second kappa shape index (κ2) is 11.8. The highest BCUT2D eigenvalue weighted by Gasteiger charge is 2.23. The lowest BCUT2D eigenvalue weighted by Gasteiger charge is -2.19. The van der Waals surface area contributed by atoms with Crippen molar-refractivity contribution in [2.45, 2.75) is 58.3 Å². The van der Waals surface area contributed by atoms with E-state index in [1.54, 1.807) is 39.1 Å². The number of nitrogens with one attached hydrogen (secondary N) is 2. The summed E-state index contributed by atoms with van der Waals surface area (Å²) in [5, 5.41) is 16.3. The Morgan fingerprint density at radius 3 is 2.38 bits per heavy atom. The van der Waals surface area contributed by atoms with Gasteiger partial charge in [-0.2, -0.15) is 0 Å². The molecule has 198 valence electrons. The number of benzene rings is 2. The molecule has 0 spiro atoms. The van der Waals surface area contributed by atoms with Crippen molar-refractivity contribution in [3.63, 3.8) is 0 Å². The summed E-state index contributed by atoms with van der Waals surface area (Å²) in [6, 6.07) is 12.2. The minimum absolute atomic E-state index is 0.0400. The number of ether oxygens (including phenoxy) is 1. The van der Waals surface area contributed by atoms with Crippen LogP contribution in [0.4, 0.5) is 0 Å². The third-order valence-electron chi connectivity index (χ3n) is 5.76. The van der Waals surface area contributed by atoms with Gasteiger partial charge in [0, 0.05) is 43.9 Å². The summed E-state index contributed by atoms with van der Waals surface area (Å²) in [5.74, 6) is 0.589. The summed E-state index contributed by atoms with van der Waals surface area (Å²) in [4.78, 5) is 29.7. The molecule has 0 saturated heterocycles. The molecular weight excluding hydrogens is 492 g/mol. The van der Waals surface area contributed by atoms with E-state index in [1.807, 2.05) is 55.9 Å². The minimum atomic E-state index is -1.05. The molecule has 0 unspecified atom stereocenters. The zero-order valence-corrected chi connectivity index (χ0v) is 22.9. The molecule has 1 atom stereocenters. The van der Waals surface area contributed by atoms with E-state index in [2.05, 4.69) is 15.6 Å². The fourth-order valence-corrected chi connectivity index (χ4v) is 4.26. The van der Waals surface area contributed by atoms with Crippen LogP contribution in [0.25, 0.3) is 11.3 Å². The van der Waals surface area contributed by atoms with E-state index in [0.717, 1.165) is 16.8 Å². The Kier molecular flexibility index (Phi) is 8.99. The van der Waals surface area contributed by atoms with Crippen molar-refractivity contribution in [2.75, 3.05) is 7.05 Å². The Bertz CT molecular complexity index is 1250. The highest BCUT2D eigenvalue weighted by Crippen LogP contribution is 2.27. The summed E-state index contributed by atoms with van der Waals surface area (Å²) in [6.45, 7) is 7.20. The van der Waals surface area contributed by atoms with Crippen LogP contribution >= 0.6 is 11.6 Å². The molecule has 37 heavy (non-hydrogen) atoms. The van der Waals surface area contributed by atoms with Crippen LogP contribution < -0.4 is 15.4 Å². The topological polar surface area (TPSA) is 105 Å². The molecule has 0 aliphatic carbocycles. The number of hydrogen-bond acceptors (Lipinski definition) is 5. The van der Waals surface area contributed by atoms with Crippen LogP contribution in [-0.4, -0.2) is 45.7 Å². The van der Waals surface area contributed by atoms with Crippen LogP contribution in [0.3, 0.4) is 0 Å². The SMILES string of the molecule is CNC(=O)C[C@H](Cc1ccc(-c2cn(C)c(C(C)(C)O)n2)cc1)NC(=O)c1ccc(OC(C)C)c(Cl)c1. The van der Waals surface area contributed by atoms with Gasteiger partial charge in [0.05, 0.1) is 16.8 Å². The van der Waals surface area contributed by atoms with Gasteiger partial charge in [0.15, 0.2) is 0 Å². The number of imidazole rings is 1. The third-order valence-corrected chi connectivity index (χ3v) is 6.05. The Balaban J connectivity index is 1.75. The summed E-state index contributed by atoms with van der Waals surface area (Å²) in [6.07, 6.45) is 2.42. The second-order valence-electron chi connectivity index (χ2n) is 9.88. The maximum absolute atomic E-state index is 13.0. The molecule has 1 heterocycles. The van der Waals surface area contributed by atoms with Gasteiger partial charge in [-0.25, -0.2) is 4.98 Å². The number of hydrogen-bond donors (Lipinski definition) is 3. The monoisotopic (exact) mass is 526 g/mol. The predicted octanol–water partition coefficient (Wildman–Crippen LogP) is 4.23. The molecule has 3 rings (SSSR count). The largest absolute Gasteiger partial charge is 0.489 e. The van der Waals surface area contributed by atoms with E-state index >= 15 is 0 Å². The maximum atomic E-state index is 13.0. The molecular formula is C28H35ClN4O4. The first kappa shape index (κ1) is 28.2. The van der Waals surface area contributed by atoms with Crippen LogP contribution in [0.2, 0.25) is 5.02 Å². The van der Waals surface area contributed by atoms with Gasteiger partial charge >= 0.3 is 0 Å². The quantitative estimate of drug-likeness (QED) is 0.366. The van der Waals surface area contributed by atoms with Crippen molar-refractivity contribution in [3.05, 3.63) is 70.6 Å². The van der Waals surface area contributed by atoms with Gasteiger partial charge in [0.1, 0.15) is 17.2 Å². The number of aromatic nitrogens is 2. The van der Waals surface area contributed by atoms with E-state index < -0.39 is 11.6 Å². The number of rotatable bonds is 10. The molecule has 0 radical (unpaired) electrons. The normalized spacial score (nSPS) is 12.4. The molecule has 1 aromatic heterocycles. The molecule has 0 saturated carbocycles. The summed E-state index contributed by atoms with van der Waals surface area (Å²) >= 11 is 6.30. The number of nitrogens with zero attached hydrogens (tertiary/aromatic N) is 2. The van der Waals surface area contributed by atoms with Crippen molar-refractivity contribution in [1.82, 2.24) is 20.2 Å². The summed E-state index contributed by atoms with van der Waals surface area (Å²) < 4.78 is 7.45. The average molecular weight is 527 g/mol. The van der Waals surface area contributed by atoms with Gasteiger partial charge in [-0.05, 0) is 57.9 Å². The van der Waals surface area contributed by atoms with Gasteiger partial charge in [0.25, 0.3) is 5.91 Å². The number of carbonyl (C=O) groups excluding carboxylic acids is 2. The Labute approximate surface area is 223 Å². The Morgan fingerprint density at radius 2 is 1.84 bits per heavy atom. The smallest absolute Gasteiger partial charge is 0.251 e. The fourth-order valence-electron chi connectivity index (χ4n) is 4.03. The van der Waals surface area contributed by atoms with E-state index in [4.69, 9.17) is 16.3 Å². The zero-order valence-electron chi connectivity index (χ0n) is 22.1. The van der Waals surface area contributed by atoms with Crippen molar-refractivity contribution >= 4 is 23.4 Å². The maximum Gasteiger partial charge on any atom is 0.251 e. The fraction of sp³-hybridized carbons (Fsp3) is 0.393. The Morgan fingerprint density at radius 1 is 1.16 bits per heavy atom. The van der Waals surface area contributed by atoms with Gasteiger partial charge in [-0.15, -0.1) is 0 Å². The van der Waals surface area contributed by atoms with Gasteiger partial charge in [-0.1, -0.05) is 35.9 Å². The predicted molar refractivity (Wildman–Crippen MR) is 145 cm³/mol. The van der Waals surface area contributed by atoms with Crippen LogP contribution in [0.1, 0.15) is 55.9 Å². The summed E-state index contributed by atoms with van der Waals surface area (Å²) in [7, 11) is 3.42. The van der Waals surface area contributed by atoms with Crippen molar-refractivity contribution in [2.24, 2.45) is 7.05 Å². The van der Waals surface area contributed by atoms with Crippen LogP contribution in [-0.2, 0) is 23.9 Å². The average Bonchev–Trinajstić information content (AvgIpc) is 3.22. The van der Waals surface area contributed by atoms with E-state index in [0.29, 0.717) is 28.6 Å². The Hall–Kier alpha value is -3.36. The van der Waals surface area contributed by atoms with E-state index in [-0.39, 0.29) is 24.3 Å². The number of aliphatic hydroxyl groups is 1. The molecule has 2 aromatic carbocycles. The lowest BCUT2D eigenvalue weighted by Crippen LogP contribution is -2.40. The highest BCUT2D eigenvalue weighted by molar-refractivity contribution is 6.32. The highest BCUT2D eigenvalue weighted by atomic mass is 35.5. The molecule has 3 aromatic rings. The van der Waals surface area contributed by atoms with Crippen LogP contribution in [0.5, 0.6) is 5.75 Å². The number of amides is 2. The second-order valence-corrected chi connectivity index (χ2v) is 10.3. The molecule has 0 aliphatic rings. The van der Waals surface area contributed by atoms with Crippen molar-refractivity contribution in [3.8, 4) is 17.0 Å². The van der Waals surface area contributed by atoms with Crippen molar-refractivity contribution in [1.29, 1.82) is 0 Å². The molecule has 3 N–H and O–H groups in total. The van der Waals surface area contributed by atoms with E-state index in [9.17, 15) is 14.7 Å². The molecule has 0 bridgehead atoms. The molecule has 9 heteroatoms. The lowest BCUT2D eigenvalue weighted by molar-refractivity contribution is -0.121. The number of carbonyl (C=O) groups is 2.